The van der Waals surface area contributed by atoms with Crippen LogP contribution in [-0.2, 0) is 0 Å². The monoisotopic (exact) mass is 260 g/mol. The fourth-order valence-corrected chi connectivity index (χ4v) is 1.17. The number of H-pyrrole nitrogens is 1. The summed E-state index contributed by atoms with van der Waals surface area (Å²) in [5.41, 5.74) is -1.51. The highest BCUT2D eigenvalue weighted by Crippen LogP contribution is 2.24. The number of nitrogens with zero attached hydrogens (tertiary/aromatic N) is 2. The molecule has 94 valence electrons. The smallest absolute Gasteiger partial charge is 0.277 e. The lowest BCUT2D eigenvalue weighted by Crippen LogP contribution is -2.16. The highest BCUT2D eigenvalue weighted by atomic mass is 19.2. The second-order valence-electron chi connectivity index (χ2n) is 3.15. The van der Waals surface area contributed by atoms with Gasteiger partial charge in [-0.1, -0.05) is 0 Å². The highest BCUT2D eigenvalue weighted by Gasteiger charge is 2.22. The van der Waals surface area contributed by atoms with Crippen molar-refractivity contribution in [3.63, 3.8) is 0 Å². The minimum absolute atomic E-state index is 0.0381. The molecule has 0 fully saturated rings. The molecule has 0 radical (unpaired) electrons. The number of benzene rings is 1. The lowest BCUT2D eigenvalue weighted by molar-refractivity contribution is 0.102. The first kappa shape index (κ1) is 12.0. The number of aromatic amines is 1. The Balaban J connectivity index is 2.38. The number of hydrogen-bond donors (Lipinski definition) is 2. The summed E-state index contributed by atoms with van der Waals surface area (Å²) in [6, 6.07) is 0.0381. The van der Waals surface area contributed by atoms with Gasteiger partial charge < -0.3 is 5.32 Å². The van der Waals surface area contributed by atoms with Gasteiger partial charge in [-0.05, 0) is 0 Å². The molecule has 0 aliphatic heterocycles. The van der Waals surface area contributed by atoms with Gasteiger partial charge in [0, 0.05) is 6.07 Å². The van der Waals surface area contributed by atoms with Gasteiger partial charge in [-0.25, -0.2) is 17.6 Å². The average molecular weight is 260 g/mol. The van der Waals surface area contributed by atoms with Gasteiger partial charge in [0.05, 0.1) is 6.20 Å². The van der Waals surface area contributed by atoms with Gasteiger partial charge in [-0.2, -0.15) is 15.4 Å². The van der Waals surface area contributed by atoms with Crippen LogP contribution in [0.2, 0.25) is 0 Å². The summed E-state index contributed by atoms with van der Waals surface area (Å²) in [5.74, 6) is -7.71. The van der Waals surface area contributed by atoms with Crippen molar-refractivity contribution < 1.29 is 22.4 Å². The molecule has 0 aliphatic carbocycles. The van der Waals surface area contributed by atoms with Crippen molar-refractivity contribution in [2.45, 2.75) is 0 Å². The minimum atomic E-state index is -1.70. The largest absolute Gasteiger partial charge is 0.315 e. The molecule has 0 aliphatic rings. The molecular weight excluding hydrogens is 256 g/mol. The fourth-order valence-electron chi connectivity index (χ4n) is 1.17. The molecule has 1 aromatic carbocycles. The maximum atomic E-state index is 13.2. The quantitative estimate of drug-likeness (QED) is 0.636. The van der Waals surface area contributed by atoms with Crippen LogP contribution in [0.3, 0.4) is 0 Å². The van der Waals surface area contributed by atoms with Crippen LogP contribution in [0.15, 0.2) is 12.3 Å². The first-order valence-corrected chi connectivity index (χ1v) is 4.51. The van der Waals surface area contributed by atoms with E-state index < -0.39 is 34.9 Å². The van der Waals surface area contributed by atoms with Crippen LogP contribution in [0, 0.1) is 23.3 Å². The maximum absolute atomic E-state index is 13.2. The zero-order valence-corrected chi connectivity index (χ0v) is 8.47. The molecule has 0 atom stereocenters. The topological polar surface area (TPSA) is 70.7 Å². The zero-order chi connectivity index (χ0) is 13.3. The van der Waals surface area contributed by atoms with Gasteiger partial charge in [-0.15, -0.1) is 0 Å². The molecule has 0 unspecified atom stereocenters. The number of amides is 1. The number of hydrogen-bond acceptors (Lipinski definition) is 3. The van der Waals surface area contributed by atoms with E-state index in [0.717, 1.165) is 6.20 Å². The van der Waals surface area contributed by atoms with E-state index in [0.29, 0.717) is 0 Å². The summed E-state index contributed by atoms with van der Waals surface area (Å²) >= 11 is 0. The number of carbonyl (C=O) groups excluding carboxylic acids is 1. The lowest BCUT2D eigenvalue weighted by atomic mass is 10.2. The number of anilines is 1. The predicted octanol–water partition coefficient (Wildman–Crippen LogP) is 1.61. The molecule has 5 nitrogen and oxygen atoms in total. The van der Waals surface area contributed by atoms with E-state index in [1.807, 2.05) is 0 Å². The Morgan fingerprint density at radius 2 is 1.78 bits per heavy atom. The predicted molar refractivity (Wildman–Crippen MR) is 50.6 cm³/mol. The number of rotatable bonds is 2. The number of halogens is 4. The highest BCUT2D eigenvalue weighted by molar-refractivity contribution is 6.02. The van der Waals surface area contributed by atoms with E-state index in [4.69, 9.17) is 0 Å². The number of carbonyl (C=O) groups is 1. The van der Waals surface area contributed by atoms with Crippen molar-refractivity contribution in [1.29, 1.82) is 0 Å². The maximum Gasteiger partial charge on any atom is 0.277 e. The first-order chi connectivity index (χ1) is 8.50. The molecule has 1 aromatic heterocycles. The average Bonchev–Trinajstić information content (AvgIpc) is 2.85. The van der Waals surface area contributed by atoms with E-state index in [9.17, 15) is 22.4 Å². The second kappa shape index (κ2) is 4.43. The molecule has 0 bridgehead atoms. The van der Waals surface area contributed by atoms with Crippen LogP contribution in [0.25, 0.3) is 0 Å². The van der Waals surface area contributed by atoms with Crippen LogP contribution in [-0.4, -0.2) is 21.3 Å². The van der Waals surface area contributed by atoms with Gasteiger partial charge in [0.1, 0.15) is 5.69 Å². The molecule has 1 heterocycles. The van der Waals surface area contributed by atoms with E-state index in [2.05, 4.69) is 15.4 Å². The SMILES string of the molecule is O=C(Nc1c(F)c(F)cc(F)c1F)c1cn[nH]n1. The van der Waals surface area contributed by atoms with E-state index >= 15 is 0 Å². The summed E-state index contributed by atoms with van der Waals surface area (Å²) in [6.45, 7) is 0. The molecule has 2 aromatic rings. The Morgan fingerprint density at radius 3 is 2.28 bits per heavy atom. The van der Waals surface area contributed by atoms with E-state index in [1.165, 1.54) is 0 Å². The third-order valence-corrected chi connectivity index (χ3v) is 2.00. The summed E-state index contributed by atoms with van der Waals surface area (Å²) in [5, 5.41) is 10.4. The minimum Gasteiger partial charge on any atom is -0.315 e. The molecule has 2 rings (SSSR count). The van der Waals surface area contributed by atoms with Crippen molar-refractivity contribution in [2.75, 3.05) is 5.32 Å². The Kier molecular flexibility index (Phi) is 2.96. The van der Waals surface area contributed by atoms with Gasteiger partial charge >= 0.3 is 0 Å². The molecule has 2 N–H and O–H groups in total. The Morgan fingerprint density at radius 1 is 1.17 bits per heavy atom. The normalized spacial score (nSPS) is 10.4. The summed E-state index contributed by atoms with van der Waals surface area (Å²) < 4.78 is 52.1. The van der Waals surface area contributed by atoms with Gasteiger partial charge in [-0.3, -0.25) is 4.79 Å². The lowest BCUT2D eigenvalue weighted by Gasteiger charge is -2.07. The molecule has 18 heavy (non-hydrogen) atoms. The summed E-state index contributed by atoms with van der Waals surface area (Å²) in [7, 11) is 0. The third-order valence-electron chi connectivity index (χ3n) is 2.00. The van der Waals surface area contributed by atoms with Crippen LogP contribution < -0.4 is 5.32 Å². The first-order valence-electron chi connectivity index (χ1n) is 4.51. The second-order valence-corrected chi connectivity index (χ2v) is 3.15. The van der Waals surface area contributed by atoms with Gasteiger partial charge in [0.25, 0.3) is 5.91 Å². The van der Waals surface area contributed by atoms with Gasteiger partial charge in [0.2, 0.25) is 0 Å². The molecule has 0 saturated carbocycles. The third kappa shape index (κ3) is 2.01. The Labute approximate surface area is 96.8 Å². The Bertz CT molecular complexity index is 573. The molecule has 1 amide bonds. The summed E-state index contributed by atoms with van der Waals surface area (Å²) in [6.07, 6.45) is 0.973. The van der Waals surface area contributed by atoms with Crippen molar-refractivity contribution in [3.05, 3.63) is 41.2 Å². The Hall–Kier alpha value is -2.45. The standard InChI is InChI=1S/C9H4F4N4O/c10-3-1-4(11)7(13)8(6(3)12)15-9(18)5-2-14-17-16-5/h1-2H,(H,15,18)(H,14,16,17). The zero-order valence-electron chi connectivity index (χ0n) is 8.47. The summed E-state index contributed by atoms with van der Waals surface area (Å²) in [4.78, 5) is 11.4. The van der Waals surface area contributed by atoms with Gasteiger partial charge in [0.15, 0.2) is 29.0 Å². The van der Waals surface area contributed by atoms with Crippen LogP contribution in [0.4, 0.5) is 23.2 Å². The van der Waals surface area contributed by atoms with Crippen LogP contribution in [0.5, 0.6) is 0 Å². The van der Waals surface area contributed by atoms with E-state index in [-0.39, 0.29) is 11.8 Å². The molecule has 0 saturated heterocycles. The van der Waals surface area contributed by atoms with Crippen molar-refractivity contribution in [3.8, 4) is 0 Å². The number of aromatic nitrogens is 3. The van der Waals surface area contributed by atoms with Crippen molar-refractivity contribution in [1.82, 2.24) is 15.4 Å². The van der Waals surface area contributed by atoms with Crippen LogP contribution in [0.1, 0.15) is 10.5 Å². The molecule has 0 spiro atoms. The van der Waals surface area contributed by atoms with Crippen molar-refractivity contribution >= 4 is 11.6 Å². The molecular formula is C9H4F4N4O. The van der Waals surface area contributed by atoms with E-state index in [1.54, 1.807) is 5.32 Å². The van der Waals surface area contributed by atoms with Crippen LogP contribution >= 0.6 is 0 Å². The molecule has 9 heteroatoms. The number of nitrogens with one attached hydrogen (secondary N) is 2. The van der Waals surface area contributed by atoms with Crippen molar-refractivity contribution in [2.24, 2.45) is 0 Å². The fraction of sp³-hybridized carbons (Fsp3) is 0.